The van der Waals surface area contributed by atoms with E-state index in [1.54, 1.807) is 0 Å². The van der Waals surface area contributed by atoms with Gasteiger partial charge in [-0.05, 0) is 56.9 Å². The van der Waals surface area contributed by atoms with Gasteiger partial charge in [0.15, 0.2) is 0 Å². The first-order chi connectivity index (χ1) is 17.1. The topological polar surface area (TPSA) is 49.3 Å². The third-order valence-corrected chi connectivity index (χ3v) is 8.93. The Labute approximate surface area is 211 Å². The quantitative estimate of drug-likeness (QED) is 0.488. The molecule has 0 radical (unpaired) electrons. The second-order valence-corrected chi connectivity index (χ2v) is 11.1. The van der Waals surface area contributed by atoms with Gasteiger partial charge in [0.1, 0.15) is 0 Å². The summed E-state index contributed by atoms with van der Waals surface area (Å²) in [4.78, 5) is 28.8. The molecule has 0 atom stereocenters. The molecule has 2 heterocycles. The Morgan fingerprint density at radius 3 is 2.34 bits per heavy atom. The maximum atomic E-state index is 14.2. The number of anilines is 1. The Kier molecular flexibility index (Phi) is 7.40. The highest BCUT2D eigenvalue weighted by molar-refractivity contribution is 5.96. The van der Waals surface area contributed by atoms with E-state index in [4.69, 9.17) is 9.97 Å². The van der Waals surface area contributed by atoms with Gasteiger partial charge in [0.25, 0.3) is 5.91 Å². The van der Waals surface area contributed by atoms with Crippen LogP contribution in [0.4, 0.5) is 5.95 Å². The number of nitrogens with zero attached hydrogens (tertiary/aromatic N) is 4. The van der Waals surface area contributed by atoms with Crippen molar-refractivity contribution in [2.45, 2.75) is 95.9 Å². The first-order valence-electron chi connectivity index (χ1n) is 14.1. The third kappa shape index (κ3) is 4.83. The van der Waals surface area contributed by atoms with Crippen LogP contribution in [-0.2, 0) is 5.41 Å². The van der Waals surface area contributed by atoms with Gasteiger partial charge >= 0.3 is 0 Å². The average molecular weight is 475 g/mol. The molecule has 5 heteroatoms. The minimum atomic E-state index is -0.209. The fourth-order valence-electron chi connectivity index (χ4n) is 6.77. The zero-order valence-corrected chi connectivity index (χ0v) is 21.7. The largest absolute Gasteiger partial charge is 0.341 e. The number of rotatable bonds is 6. The predicted molar refractivity (Wildman–Crippen MR) is 142 cm³/mol. The molecule has 2 aromatic rings. The van der Waals surface area contributed by atoms with Gasteiger partial charge in [-0.1, -0.05) is 69.4 Å². The molecule has 35 heavy (non-hydrogen) atoms. The summed E-state index contributed by atoms with van der Waals surface area (Å²) in [7, 11) is 0. The SMILES string of the molecule is CCN(C(=O)c1cnc(N2CCC(C)CC2)nc1C1(c2ccccc2)CCCC1)C1CCCCC1. The van der Waals surface area contributed by atoms with E-state index < -0.39 is 0 Å². The number of piperidine rings is 1. The number of carbonyl (C=O) groups excluding carboxylic acids is 1. The normalized spacial score (nSPS) is 21.3. The molecule has 2 aliphatic carbocycles. The number of benzene rings is 1. The van der Waals surface area contributed by atoms with Crippen LogP contribution in [0.25, 0.3) is 0 Å². The molecule has 2 saturated carbocycles. The summed E-state index contributed by atoms with van der Waals surface area (Å²) in [5, 5.41) is 0. The number of hydrogen-bond acceptors (Lipinski definition) is 4. The fourth-order valence-corrected chi connectivity index (χ4v) is 6.77. The molecule has 0 bridgehead atoms. The first kappa shape index (κ1) is 24.3. The summed E-state index contributed by atoms with van der Waals surface area (Å²) in [6.45, 7) is 7.19. The monoisotopic (exact) mass is 474 g/mol. The van der Waals surface area contributed by atoms with Gasteiger partial charge in [0, 0.05) is 37.3 Å². The lowest BCUT2D eigenvalue weighted by molar-refractivity contribution is 0.0644. The summed E-state index contributed by atoms with van der Waals surface area (Å²) in [5.41, 5.74) is 2.80. The van der Waals surface area contributed by atoms with E-state index >= 15 is 0 Å². The van der Waals surface area contributed by atoms with Crippen molar-refractivity contribution >= 4 is 11.9 Å². The van der Waals surface area contributed by atoms with Crippen molar-refractivity contribution in [2.24, 2.45) is 5.92 Å². The summed E-state index contributed by atoms with van der Waals surface area (Å²) >= 11 is 0. The summed E-state index contributed by atoms with van der Waals surface area (Å²) < 4.78 is 0. The minimum Gasteiger partial charge on any atom is -0.341 e. The maximum absolute atomic E-state index is 14.2. The van der Waals surface area contributed by atoms with Crippen molar-refractivity contribution in [3.8, 4) is 0 Å². The molecular formula is C30H42N4O. The van der Waals surface area contributed by atoms with Crippen LogP contribution in [0.2, 0.25) is 0 Å². The van der Waals surface area contributed by atoms with Crippen LogP contribution in [0.5, 0.6) is 0 Å². The first-order valence-corrected chi connectivity index (χ1v) is 14.1. The van der Waals surface area contributed by atoms with Crippen LogP contribution >= 0.6 is 0 Å². The summed E-state index contributed by atoms with van der Waals surface area (Å²) in [5.74, 6) is 1.70. The predicted octanol–water partition coefficient (Wildman–Crippen LogP) is 6.37. The molecular weight excluding hydrogens is 432 g/mol. The highest BCUT2D eigenvalue weighted by atomic mass is 16.2. The van der Waals surface area contributed by atoms with Gasteiger partial charge in [0.05, 0.1) is 11.3 Å². The smallest absolute Gasteiger partial charge is 0.257 e. The number of hydrogen-bond donors (Lipinski definition) is 0. The molecule has 1 aromatic carbocycles. The number of amides is 1. The lowest BCUT2D eigenvalue weighted by Crippen LogP contribution is -2.43. The van der Waals surface area contributed by atoms with E-state index in [0.29, 0.717) is 6.04 Å². The molecule has 5 nitrogen and oxygen atoms in total. The Balaban J connectivity index is 1.59. The van der Waals surface area contributed by atoms with Crippen LogP contribution in [0.15, 0.2) is 36.5 Å². The van der Waals surface area contributed by atoms with Crippen LogP contribution in [0.3, 0.4) is 0 Å². The van der Waals surface area contributed by atoms with Gasteiger partial charge in [-0.2, -0.15) is 0 Å². The van der Waals surface area contributed by atoms with Crippen molar-refractivity contribution in [2.75, 3.05) is 24.5 Å². The van der Waals surface area contributed by atoms with E-state index in [1.165, 1.54) is 50.5 Å². The van der Waals surface area contributed by atoms with Crippen LogP contribution in [-0.4, -0.2) is 46.5 Å². The van der Waals surface area contributed by atoms with Gasteiger partial charge in [-0.15, -0.1) is 0 Å². The molecule has 188 valence electrons. The van der Waals surface area contributed by atoms with Gasteiger partial charge < -0.3 is 9.80 Å². The van der Waals surface area contributed by atoms with E-state index in [2.05, 4.69) is 54.0 Å². The molecule has 3 aliphatic rings. The van der Waals surface area contributed by atoms with E-state index in [0.717, 1.165) is 68.4 Å². The summed E-state index contributed by atoms with van der Waals surface area (Å²) in [6.07, 6.45) is 14.6. The standard InChI is InChI=1S/C30H42N4O/c1-3-34(25-14-8-5-9-15-25)28(35)26-22-31-29(33-20-16-23(2)17-21-33)32-27(26)30(18-10-11-19-30)24-12-6-4-7-13-24/h4,6-7,12-13,22-23,25H,3,5,8-11,14-21H2,1-2H3. The minimum absolute atomic E-state index is 0.135. The molecule has 1 aliphatic heterocycles. The molecule has 3 fully saturated rings. The Bertz CT molecular complexity index is 987. The molecule has 0 unspecified atom stereocenters. The van der Waals surface area contributed by atoms with E-state index in [-0.39, 0.29) is 11.3 Å². The zero-order chi connectivity index (χ0) is 24.3. The van der Waals surface area contributed by atoms with Crippen molar-refractivity contribution in [1.82, 2.24) is 14.9 Å². The highest BCUT2D eigenvalue weighted by Crippen LogP contribution is 2.47. The molecule has 5 rings (SSSR count). The Hall–Kier alpha value is -2.43. The van der Waals surface area contributed by atoms with Crippen LogP contribution in [0, 0.1) is 5.92 Å². The average Bonchev–Trinajstić information content (AvgIpc) is 3.42. The molecule has 0 spiro atoms. The lowest BCUT2D eigenvalue weighted by Gasteiger charge is -2.37. The fraction of sp³-hybridized carbons (Fsp3) is 0.633. The third-order valence-electron chi connectivity index (χ3n) is 8.93. The number of aromatic nitrogens is 2. The van der Waals surface area contributed by atoms with Gasteiger partial charge in [-0.3, -0.25) is 4.79 Å². The molecule has 1 amide bonds. The molecule has 0 N–H and O–H groups in total. The summed E-state index contributed by atoms with van der Waals surface area (Å²) in [6, 6.07) is 11.2. The second kappa shape index (κ2) is 10.7. The van der Waals surface area contributed by atoms with E-state index in [1.807, 2.05) is 6.20 Å². The van der Waals surface area contributed by atoms with Crippen molar-refractivity contribution in [3.05, 3.63) is 53.3 Å². The van der Waals surface area contributed by atoms with Crippen LogP contribution in [0.1, 0.15) is 106 Å². The van der Waals surface area contributed by atoms with Crippen molar-refractivity contribution < 1.29 is 4.79 Å². The molecule has 1 saturated heterocycles. The van der Waals surface area contributed by atoms with E-state index in [9.17, 15) is 4.79 Å². The second-order valence-electron chi connectivity index (χ2n) is 11.1. The van der Waals surface area contributed by atoms with Gasteiger partial charge in [0.2, 0.25) is 5.95 Å². The van der Waals surface area contributed by atoms with Gasteiger partial charge in [-0.25, -0.2) is 9.97 Å². The molecule has 1 aromatic heterocycles. The lowest BCUT2D eigenvalue weighted by atomic mass is 9.74. The van der Waals surface area contributed by atoms with Crippen molar-refractivity contribution in [3.63, 3.8) is 0 Å². The van der Waals surface area contributed by atoms with Crippen LogP contribution < -0.4 is 4.90 Å². The maximum Gasteiger partial charge on any atom is 0.257 e. The zero-order valence-electron chi connectivity index (χ0n) is 21.7. The number of carbonyl (C=O) groups is 1. The Morgan fingerprint density at radius 1 is 1.00 bits per heavy atom. The van der Waals surface area contributed by atoms with Crippen molar-refractivity contribution in [1.29, 1.82) is 0 Å². The Morgan fingerprint density at radius 2 is 1.69 bits per heavy atom. The highest BCUT2D eigenvalue weighted by Gasteiger charge is 2.43.